The predicted octanol–water partition coefficient (Wildman–Crippen LogP) is 4.75. The first-order valence-corrected chi connectivity index (χ1v) is 12.0. The van der Waals surface area contributed by atoms with Crippen molar-refractivity contribution < 1.29 is 23.9 Å². The lowest BCUT2D eigenvalue weighted by Crippen LogP contribution is -2.28. The van der Waals surface area contributed by atoms with Gasteiger partial charge in [0.05, 0.1) is 48.3 Å². The number of halogens is 1. The maximum Gasteiger partial charge on any atom is 0.278 e. The fourth-order valence-electron chi connectivity index (χ4n) is 3.49. The quantitative estimate of drug-likeness (QED) is 0.279. The summed E-state index contributed by atoms with van der Waals surface area (Å²) in [6, 6.07) is 12.3. The highest BCUT2D eigenvalue weighted by molar-refractivity contribution is 6.07. The number of aromatic nitrogens is 3. The fraction of sp³-hybridized carbons (Fsp3) is 0.296. The summed E-state index contributed by atoms with van der Waals surface area (Å²) in [6.07, 6.45) is 2.20. The summed E-state index contributed by atoms with van der Waals surface area (Å²) in [5.41, 5.74) is 5.21. The second kappa shape index (κ2) is 12.8. The van der Waals surface area contributed by atoms with Crippen LogP contribution in [-0.2, 0) is 11.4 Å². The molecule has 37 heavy (non-hydrogen) atoms. The molecule has 2 aromatic carbocycles. The number of carbonyl (C=O) groups excluding carboxylic acids is 1. The minimum absolute atomic E-state index is 0.0867. The van der Waals surface area contributed by atoms with Crippen LogP contribution in [0.1, 0.15) is 42.3 Å². The highest BCUT2D eigenvalue weighted by Gasteiger charge is 2.20. The van der Waals surface area contributed by atoms with E-state index in [0.29, 0.717) is 23.3 Å². The van der Waals surface area contributed by atoms with Gasteiger partial charge in [0.15, 0.2) is 5.65 Å². The van der Waals surface area contributed by atoms with Crippen molar-refractivity contribution in [3.05, 3.63) is 77.4 Å². The molecule has 10 heteroatoms. The van der Waals surface area contributed by atoms with Gasteiger partial charge in [0, 0.05) is 6.20 Å². The average molecular weight is 510 g/mol. The number of ether oxygens (including phenoxy) is 1. The van der Waals surface area contributed by atoms with Gasteiger partial charge in [-0.1, -0.05) is 32.0 Å². The van der Waals surface area contributed by atoms with Gasteiger partial charge in [-0.15, -0.1) is 0 Å². The van der Waals surface area contributed by atoms with Gasteiger partial charge in [0.1, 0.15) is 18.2 Å². The van der Waals surface area contributed by atoms with Crippen LogP contribution in [0, 0.1) is 12.7 Å². The minimum Gasteiger partial charge on any atom is -0.497 e. The molecule has 4 aromatic rings. The first-order chi connectivity index (χ1) is 17.9. The molecule has 196 valence electrons. The van der Waals surface area contributed by atoms with E-state index in [4.69, 9.17) is 9.57 Å². The number of hydroxylamine groups is 1. The molecule has 2 aromatic heterocycles. The molecule has 0 aliphatic heterocycles. The molecule has 0 unspecified atom stereocenters. The minimum atomic E-state index is -0.758. The molecule has 3 N–H and O–H groups in total. The molecule has 0 fully saturated rings. The number of carbonyl (C=O) groups is 1. The van der Waals surface area contributed by atoms with E-state index >= 15 is 0 Å². The molecule has 4 rings (SSSR count). The number of methoxy groups -OCH3 is 1. The van der Waals surface area contributed by atoms with E-state index in [9.17, 15) is 14.3 Å². The molecule has 0 saturated carbocycles. The summed E-state index contributed by atoms with van der Waals surface area (Å²) < 4.78 is 21.6. The van der Waals surface area contributed by atoms with Gasteiger partial charge in [-0.2, -0.15) is 5.10 Å². The predicted molar refractivity (Wildman–Crippen MR) is 140 cm³/mol. The van der Waals surface area contributed by atoms with Gasteiger partial charge >= 0.3 is 0 Å². The highest BCUT2D eigenvalue weighted by atomic mass is 19.1. The summed E-state index contributed by atoms with van der Waals surface area (Å²) in [4.78, 5) is 22.4. The second-order valence-corrected chi connectivity index (χ2v) is 8.13. The Labute approximate surface area is 215 Å². The lowest BCUT2D eigenvalue weighted by molar-refractivity contribution is -0.00683. The summed E-state index contributed by atoms with van der Waals surface area (Å²) in [5, 5.41) is 17.4. The van der Waals surface area contributed by atoms with E-state index in [1.807, 2.05) is 38.1 Å². The maximum atomic E-state index is 14.7. The standard InChI is InChI=1S/C25H26FN5O4.C2H6/c1-15-4-9-22(21(26)10-15)29-23-19-12-28-31(13-17-5-7-18(34-3)8-6-17)24(19)27-11-20(23)25(33)30-35-14-16(2)32;1-2/h4-12,16,32H,13-14H2,1-3H3,(H,27,29)(H,30,33);1-2H3/t16-;/m0./s1. The SMILES string of the molecule is CC.COc1ccc(Cn2ncc3c(Nc4ccc(C)cc4F)c(C(=O)NOC[C@H](C)O)cnc32)cc1. The van der Waals surface area contributed by atoms with E-state index in [2.05, 4.69) is 20.9 Å². The third-order valence-corrected chi connectivity index (χ3v) is 5.28. The Bertz CT molecular complexity index is 1340. The zero-order valence-electron chi connectivity index (χ0n) is 21.6. The number of benzene rings is 2. The van der Waals surface area contributed by atoms with Crippen molar-refractivity contribution in [2.75, 3.05) is 19.0 Å². The van der Waals surface area contributed by atoms with Crippen molar-refractivity contribution in [3.8, 4) is 5.75 Å². The number of aliphatic hydroxyl groups is 1. The Kier molecular flexibility index (Phi) is 9.53. The van der Waals surface area contributed by atoms with E-state index in [0.717, 1.165) is 16.9 Å². The largest absolute Gasteiger partial charge is 0.497 e. The van der Waals surface area contributed by atoms with Crippen LogP contribution >= 0.6 is 0 Å². The van der Waals surface area contributed by atoms with Gasteiger partial charge in [0.25, 0.3) is 5.91 Å². The normalized spacial score (nSPS) is 11.4. The second-order valence-electron chi connectivity index (χ2n) is 8.13. The van der Waals surface area contributed by atoms with Crippen molar-refractivity contribution in [1.29, 1.82) is 0 Å². The average Bonchev–Trinajstić information content (AvgIpc) is 3.30. The van der Waals surface area contributed by atoms with E-state index < -0.39 is 17.8 Å². The Morgan fingerprint density at radius 3 is 2.54 bits per heavy atom. The van der Waals surface area contributed by atoms with Gasteiger partial charge in [0.2, 0.25) is 0 Å². The Morgan fingerprint density at radius 1 is 1.16 bits per heavy atom. The number of aryl methyl sites for hydroxylation is 1. The van der Waals surface area contributed by atoms with Gasteiger partial charge in [-0.25, -0.2) is 19.5 Å². The number of nitrogens with zero attached hydrogens (tertiary/aromatic N) is 3. The molecule has 9 nitrogen and oxygen atoms in total. The van der Waals surface area contributed by atoms with Gasteiger partial charge in [-0.3, -0.25) is 9.63 Å². The van der Waals surface area contributed by atoms with Crippen molar-refractivity contribution >= 4 is 28.3 Å². The molecule has 0 aliphatic carbocycles. The van der Waals surface area contributed by atoms with Crippen LogP contribution in [0.2, 0.25) is 0 Å². The molecule has 1 amide bonds. The topological polar surface area (TPSA) is 111 Å². The monoisotopic (exact) mass is 509 g/mol. The smallest absolute Gasteiger partial charge is 0.278 e. The molecule has 1 atom stereocenters. The summed E-state index contributed by atoms with van der Waals surface area (Å²) in [5.74, 6) is -0.312. The van der Waals surface area contributed by atoms with E-state index in [1.54, 1.807) is 37.0 Å². The molecule has 0 aliphatic rings. The van der Waals surface area contributed by atoms with Crippen LogP contribution in [0.4, 0.5) is 15.8 Å². The zero-order chi connectivity index (χ0) is 26.9. The molecule has 0 bridgehead atoms. The molecular formula is C27H32FN5O4. The molecular weight excluding hydrogens is 477 g/mol. The number of fused-ring (bicyclic) bond motifs is 1. The molecule has 0 saturated heterocycles. The Morgan fingerprint density at radius 2 is 1.89 bits per heavy atom. The van der Waals surface area contributed by atoms with Gasteiger partial charge < -0.3 is 15.2 Å². The molecule has 0 radical (unpaired) electrons. The lowest BCUT2D eigenvalue weighted by atomic mass is 10.1. The maximum absolute atomic E-state index is 14.7. The Hall–Kier alpha value is -4.02. The number of hydrogen-bond donors (Lipinski definition) is 3. The van der Waals surface area contributed by atoms with Crippen LogP contribution in [0.5, 0.6) is 5.75 Å². The molecule has 2 heterocycles. The molecule has 0 spiro atoms. The van der Waals surface area contributed by atoms with E-state index in [1.165, 1.54) is 19.2 Å². The number of aliphatic hydroxyl groups excluding tert-OH is 1. The van der Waals surface area contributed by atoms with E-state index in [-0.39, 0.29) is 17.9 Å². The highest BCUT2D eigenvalue weighted by Crippen LogP contribution is 2.31. The van der Waals surface area contributed by atoms with Gasteiger partial charge in [-0.05, 0) is 49.2 Å². The third-order valence-electron chi connectivity index (χ3n) is 5.28. The van der Waals surface area contributed by atoms with Crippen LogP contribution in [-0.4, -0.2) is 45.6 Å². The number of anilines is 2. The summed E-state index contributed by atoms with van der Waals surface area (Å²) in [7, 11) is 1.61. The number of amides is 1. The first-order valence-electron chi connectivity index (χ1n) is 12.0. The number of hydrogen-bond acceptors (Lipinski definition) is 7. The van der Waals surface area contributed by atoms with Crippen LogP contribution in [0.25, 0.3) is 11.0 Å². The lowest BCUT2D eigenvalue weighted by Gasteiger charge is -2.15. The number of rotatable bonds is 9. The third kappa shape index (κ3) is 6.81. The number of nitrogens with one attached hydrogen (secondary N) is 2. The van der Waals surface area contributed by atoms with Crippen molar-refractivity contribution in [3.63, 3.8) is 0 Å². The Balaban J connectivity index is 0.00000186. The van der Waals surface area contributed by atoms with Crippen molar-refractivity contribution in [1.82, 2.24) is 20.2 Å². The van der Waals surface area contributed by atoms with Crippen LogP contribution in [0.3, 0.4) is 0 Å². The van der Waals surface area contributed by atoms with Crippen molar-refractivity contribution in [2.45, 2.75) is 40.3 Å². The van der Waals surface area contributed by atoms with Crippen LogP contribution < -0.4 is 15.5 Å². The number of pyridine rings is 1. The fourth-order valence-corrected chi connectivity index (χ4v) is 3.49. The van der Waals surface area contributed by atoms with Crippen molar-refractivity contribution in [2.24, 2.45) is 0 Å². The first kappa shape index (κ1) is 27.6. The summed E-state index contributed by atoms with van der Waals surface area (Å²) >= 11 is 0. The zero-order valence-corrected chi connectivity index (χ0v) is 21.6. The van der Waals surface area contributed by atoms with Crippen LogP contribution in [0.15, 0.2) is 54.9 Å². The summed E-state index contributed by atoms with van der Waals surface area (Å²) in [6.45, 7) is 7.67.